The number of amides is 4. The fraction of sp³-hybridized carbons (Fsp3) is 0.250. The Bertz CT molecular complexity index is 1730. The van der Waals surface area contributed by atoms with E-state index in [0.29, 0.717) is 27.4 Å². The summed E-state index contributed by atoms with van der Waals surface area (Å²) in [6, 6.07) is 18.3. The van der Waals surface area contributed by atoms with Crippen molar-refractivity contribution in [2.45, 2.75) is 24.2 Å². The summed E-state index contributed by atoms with van der Waals surface area (Å²) in [5.74, 6) is -7.61. The Morgan fingerprint density at radius 2 is 1.58 bits per heavy atom. The van der Waals surface area contributed by atoms with Gasteiger partial charge in [-0.25, -0.2) is 4.39 Å². The van der Waals surface area contributed by atoms with Gasteiger partial charge in [-0.15, -0.1) is 0 Å². The highest BCUT2D eigenvalue weighted by atomic mass is 35.5. The molecule has 0 bridgehead atoms. The van der Waals surface area contributed by atoms with Gasteiger partial charge in [0.1, 0.15) is 11.6 Å². The summed E-state index contributed by atoms with van der Waals surface area (Å²) in [5, 5.41) is 23.0. The Kier molecular flexibility index (Phi) is 6.19. The smallest absolute Gasteiger partial charge is 0.260 e. The molecular formula is C32H25ClFN3O6. The zero-order chi connectivity index (χ0) is 30.2. The Hall–Kier alpha value is -4.54. The third-order valence-electron chi connectivity index (χ3n) is 9.48. The van der Waals surface area contributed by atoms with E-state index in [4.69, 9.17) is 11.6 Å². The fourth-order valence-corrected chi connectivity index (χ4v) is 7.84. The number of nitrogens with one attached hydrogen (secondary N) is 1. The quantitative estimate of drug-likeness (QED) is 0.227. The molecular weight excluding hydrogens is 577 g/mol. The molecule has 4 amide bonds. The van der Waals surface area contributed by atoms with Crippen LogP contribution in [0.5, 0.6) is 5.75 Å². The maximum absolute atomic E-state index is 14.9. The van der Waals surface area contributed by atoms with Crippen molar-refractivity contribution in [3.63, 3.8) is 0 Å². The van der Waals surface area contributed by atoms with Gasteiger partial charge in [0.2, 0.25) is 0 Å². The van der Waals surface area contributed by atoms with Gasteiger partial charge in [-0.1, -0.05) is 53.6 Å². The standard InChI is InChI=1S/C32H25ClFN3O6/c33-17-7-5-16(6-8-17)32-24(29(40)36(31(32)42)35-19-11-9-18(34)10-12-19)15-23-20(27(32)21-3-1-2-4-25(21)38)13-14-22-26(23)30(41)37(43)28(22)39/h1-13,22-24,26-27,35,38,43H,14-15H2/t22-,23+,24-,26-,27+,32+/m0/s1. The summed E-state index contributed by atoms with van der Waals surface area (Å²) in [6.45, 7) is 0. The number of fused-ring (bicyclic) bond motifs is 4. The van der Waals surface area contributed by atoms with E-state index in [2.05, 4.69) is 5.43 Å². The zero-order valence-electron chi connectivity index (χ0n) is 22.5. The Morgan fingerprint density at radius 3 is 2.28 bits per heavy atom. The van der Waals surface area contributed by atoms with Crippen LogP contribution in [0.4, 0.5) is 10.1 Å². The van der Waals surface area contributed by atoms with Crippen LogP contribution in [0, 0.1) is 29.5 Å². The molecule has 3 N–H and O–H groups in total. The average molecular weight is 602 g/mol. The molecule has 0 spiro atoms. The predicted octanol–water partition coefficient (Wildman–Crippen LogP) is 4.56. The normalized spacial score (nSPS) is 29.7. The van der Waals surface area contributed by atoms with Crippen LogP contribution in [0.15, 0.2) is 84.4 Å². The second-order valence-electron chi connectivity index (χ2n) is 11.4. The number of carbonyl (C=O) groups is 4. The number of hydroxylamine groups is 2. The van der Waals surface area contributed by atoms with E-state index < -0.39 is 64.5 Å². The maximum atomic E-state index is 14.9. The molecule has 3 aromatic rings. The first-order valence-corrected chi connectivity index (χ1v) is 14.2. The monoisotopic (exact) mass is 601 g/mol. The van der Waals surface area contributed by atoms with Crippen LogP contribution in [-0.4, -0.2) is 44.0 Å². The summed E-state index contributed by atoms with van der Waals surface area (Å²) < 4.78 is 13.7. The van der Waals surface area contributed by atoms with E-state index in [1.54, 1.807) is 42.5 Å². The number of phenolic OH excluding ortho intramolecular Hbond substituents is 1. The van der Waals surface area contributed by atoms with Gasteiger partial charge in [-0.2, -0.15) is 10.1 Å². The molecule has 2 saturated heterocycles. The first-order chi connectivity index (χ1) is 20.6. The van der Waals surface area contributed by atoms with Crippen molar-refractivity contribution in [3.05, 3.63) is 106 Å². The van der Waals surface area contributed by atoms with Gasteiger partial charge in [0, 0.05) is 16.5 Å². The minimum atomic E-state index is -1.59. The van der Waals surface area contributed by atoms with Crippen LogP contribution >= 0.6 is 11.6 Å². The lowest BCUT2D eigenvalue weighted by atomic mass is 9.49. The minimum absolute atomic E-state index is 0.0265. The van der Waals surface area contributed by atoms with Gasteiger partial charge < -0.3 is 5.11 Å². The van der Waals surface area contributed by atoms with Crippen molar-refractivity contribution >= 4 is 40.9 Å². The maximum Gasteiger partial charge on any atom is 0.260 e. The molecule has 9 nitrogen and oxygen atoms in total. The van der Waals surface area contributed by atoms with E-state index in [1.165, 1.54) is 30.3 Å². The fourth-order valence-electron chi connectivity index (χ4n) is 7.71. The van der Waals surface area contributed by atoms with Crippen molar-refractivity contribution in [1.82, 2.24) is 10.1 Å². The van der Waals surface area contributed by atoms with Gasteiger partial charge in [0.05, 0.1) is 28.9 Å². The van der Waals surface area contributed by atoms with Gasteiger partial charge in [-0.05, 0) is 66.8 Å². The predicted molar refractivity (Wildman–Crippen MR) is 151 cm³/mol. The number of carbonyl (C=O) groups excluding carboxylic acids is 4. The molecule has 0 radical (unpaired) electrons. The number of hydrogen-bond donors (Lipinski definition) is 3. The number of aromatic hydroxyl groups is 1. The number of para-hydroxylation sites is 1. The van der Waals surface area contributed by atoms with Crippen molar-refractivity contribution in [2.24, 2.45) is 23.7 Å². The lowest BCUT2D eigenvalue weighted by Gasteiger charge is -2.50. The Labute approximate surface area is 250 Å². The second kappa shape index (κ2) is 9.75. The lowest BCUT2D eigenvalue weighted by Crippen LogP contribution is -2.53. The third-order valence-corrected chi connectivity index (χ3v) is 9.73. The minimum Gasteiger partial charge on any atom is -0.508 e. The molecule has 1 saturated carbocycles. The number of nitrogens with zero attached hydrogens (tertiary/aromatic N) is 2. The molecule has 2 aliphatic heterocycles. The molecule has 4 aliphatic rings. The van der Waals surface area contributed by atoms with Crippen LogP contribution < -0.4 is 5.43 Å². The van der Waals surface area contributed by atoms with E-state index >= 15 is 0 Å². The highest BCUT2D eigenvalue weighted by molar-refractivity contribution is 6.30. The number of phenols is 1. The summed E-state index contributed by atoms with van der Waals surface area (Å²) in [7, 11) is 0. The zero-order valence-corrected chi connectivity index (χ0v) is 23.2. The van der Waals surface area contributed by atoms with Gasteiger partial charge in [-0.3, -0.25) is 29.8 Å². The van der Waals surface area contributed by atoms with E-state index in [-0.39, 0.29) is 23.7 Å². The van der Waals surface area contributed by atoms with Crippen LogP contribution in [0.1, 0.15) is 29.9 Å². The molecule has 3 aromatic carbocycles. The molecule has 43 heavy (non-hydrogen) atoms. The molecule has 11 heteroatoms. The molecule has 0 unspecified atom stereocenters. The number of imide groups is 2. The first kappa shape index (κ1) is 27.3. The van der Waals surface area contributed by atoms with Gasteiger partial charge in [0.25, 0.3) is 23.6 Å². The number of hydrogen-bond acceptors (Lipinski definition) is 7. The Morgan fingerprint density at radius 1 is 0.884 bits per heavy atom. The average Bonchev–Trinajstić information content (AvgIpc) is 3.35. The van der Waals surface area contributed by atoms with Crippen LogP contribution in [-0.2, 0) is 24.6 Å². The number of halogens is 2. The first-order valence-electron chi connectivity index (χ1n) is 13.9. The highest BCUT2D eigenvalue weighted by Gasteiger charge is 2.70. The van der Waals surface area contributed by atoms with Crippen molar-refractivity contribution < 1.29 is 33.9 Å². The van der Waals surface area contributed by atoms with Crippen LogP contribution in [0.25, 0.3) is 0 Å². The van der Waals surface area contributed by atoms with Gasteiger partial charge in [0.15, 0.2) is 0 Å². The summed E-state index contributed by atoms with van der Waals surface area (Å²) >= 11 is 6.24. The lowest BCUT2D eigenvalue weighted by molar-refractivity contribution is -0.173. The number of allylic oxidation sites excluding steroid dienone is 2. The summed E-state index contributed by atoms with van der Waals surface area (Å²) in [4.78, 5) is 55.2. The third kappa shape index (κ3) is 3.79. The molecule has 2 heterocycles. The van der Waals surface area contributed by atoms with Gasteiger partial charge >= 0.3 is 0 Å². The summed E-state index contributed by atoms with van der Waals surface area (Å²) in [6.07, 6.45) is 1.98. The van der Waals surface area contributed by atoms with Crippen molar-refractivity contribution in [3.8, 4) is 5.75 Å². The molecule has 218 valence electrons. The van der Waals surface area contributed by atoms with Crippen LogP contribution in [0.2, 0.25) is 5.02 Å². The van der Waals surface area contributed by atoms with Crippen molar-refractivity contribution in [2.75, 3.05) is 5.43 Å². The molecule has 6 atom stereocenters. The topological polar surface area (TPSA) is 127 Å². The van der Waals surface area contributed by atoms with E-state index in [1.807, 2.05) is 6.08 Å². The number of anilines is 1. The largest absolute Gasteiger partial charge is 0.508 e. The number of benzene rings is 3. The van der Waals surface area contributed by atoms with Crippen molar-refractivity contribution in [1.29, 1.82) is 0 Å². The van der Waals surface area contributed by atoms with E-state index in [9.17, 15) is 33.9 Å². The Balaban J connectivity index is 1.47. The molecule has 3 fully saturated rings. The SMILES string of the molecule is O=C1[C@H]2[C@H](CC=C3[C@H]2C[C@H]2C(=O)N(Nc4ccc(F)cc4)C(=O)[C@@]2(c2ccc(Cl)cc2)[C@H]3c2ccccc2O)C(=O)N1O. The molecule has 2 aliphatic carbocycles. The molecule has 0 aromatic heterocycles. The second-order valence-corrected chi connectivity index (χ2v) is 11.9. The van der Waals surface area contributed by atoms with Crippen LogP contribution in [0.3, 0.4) is 0 Å². The number of hydrazine groups is 1. The highest BCUT2D eigenvalue weighted by Crippen LogP contribution is 2.64. The summed E-state index contributed by atoms with van der Waals surface area (Å²) in [5.41, 5.74) is 3.06. The molecule has 7 rings (SSSR count). The number of rotatable bonds is 4. The van der Waals surface area contributed by atoms with E-state index in [0.717, 1.165) is 5.01 Å².